The van der Waals surface area contributed by atoms with Crippen LogP contribution in [0.5, 0.6) is 0 Å². The number of hydrogen-bond acceptors (Lipinski definition) is 2. The van der Waals surface area contributed by atoms with E-state index in [4.69, 9.17) is 4.74 Å². The summed E-state index contributed by atoms with van der Waals surface area (Å²) in [5.74, 6) is 3.41. The van der Waals surface area contributed by atoms with Crippen molar-refractivity contribution in [3.05, 3.63) is 13.7 Å². The summed E-state index contributed by atoms with van der Waals surface area (Å²) in [5.41, 5.74) is 0. The van der Waals surface area contributed by atoms with Crippen LogP contribution in [0.3, 0.4) is 0 Å². The van der Waals surface area contributed by atoms with Gasteiger partial charge in [0.15, 0.2) is 0 Å². The van der Waals surface area contributed by atoms with Gasteiger partial charge >= 0.3 is 0 Å². The van der Waals surface area contributed by atoms with E-state index in [1.165, 1.54) is 57.8 Å². The molecule has 0 heterocycles. The Bertz CT molecular complexity index is 265. The van der Waals surface area contributed by atoms with E-state index in [0.717, 1.165) is 36.7 Å². The number of ether oxygens (including phenoxy) is 2. The molecule has 0 radical (unpaired) electrons. The summed E-state index contributed by atoms with van der Waals surface area (Å²) in [4.78, 5) is 0. The van der Waals surface area contributed by atoms with E-state index < -0.39 is 0 Å². The Hall–Kier alpha value is -0.340. The van der Waals surface area contributed by atoms with Gasteiger partial charge in [-0.1, -0.05) is 92.4 Å². The molecule has 0 rings (SSSR count). The zero-order valence-corrected chi connectivity index (χ0v) is 17.9. The second-order valence-electron chi connectivity index (χ2n) is 8.70. The lowest BCUT2D eigenvalue weighted by Gasteiger charge is -2.16. The predicted molar refractivity (Wildman–Crippen MR) is 110 cm³/mol. The van der Waals surface area contributed by atoms with Crippen molar-refractivity contribution in [1.82, 2.24) is 0 Å². The molecule has 2 heteroatoms. The summed E-state index contributed by atoms with van der Waals surface area (Å²) in [7, 11) is 3.31. The average Bonchev–Trinajstić information content (AvgIpc) is 2.54. The maximum Gasteiger partial charge on any atom is 0.265 e. The molecular weight excluding hydrogens is 308 g/mol. The van der Waals surface area contributed by atoms with Gasteiger partial charge in [-0.3, -0.25) is 0 Å². The van der Waals surface area contributed by atoms with Gasteiger partial charge in [-0.15, -0.1) is 4.74 Å². The molecule has 0 aromatic heterocycles. The number of rotatable bonds is 18. The van der Waals surface area contributed by atoms with Crippen molar-refractivity contribution in [2.75, 3.05) is 13.2 Å². The van der Waals surface area contributed by atoms with Gasteiger partial charge in [-0.2, -0.15) is 4.74 Å². The van der Waals surface area contributed by atoms with E-state index in [2.05, 4.69) is 46.5 Å². The zero-order valence-electron chi connectivity index (χ0n) is 17.9. The van der Waals surface area contributed by atoms with E-state index in [1.807, 2.05) is 0 Å². The highest BCUT2D eigenvalue weighted by Crippen LogP contribution is 2.22. The molecule has 3 atom stereocenters. The maximum absolute atomic E-state index is 5.40. The summed E-state index contributed by atoms with van der Waals surface area (Å²) in [6.07, 6.45) is 13.7. The van der Waals surface area contributed by atoms with Gasteiger partial charge in [0.25, 0.3) is 13.2 Å². The normalized spacial score (nSPS) is 15.3. The van der Waals surface area contributed by atoms with E-state index in [-0.39, 0.29) is 0 Å². The minimum atomic E-state index is 0.474. The third-order valence-corrected chi connectivity index (χ3v) is 5.30. The largest absolute Gasteiger partial charge is 0.265 e. The topological polar surface area (TPSA) is 18.5 Å². The van der Waals surface area contributed by atoms with Crippen LogP contribution in [-0.2, 0) is 9.47 Å². The molecule has 0 saturated carbocycles. The van der Waals surface area contributed by atoms with Crippen molar-refractivity contribution in [2.45, 2.75) is 98.8 Å². The minimum Gasteiger partial charge on any atom is -0.194 e. The molecule has 0 fully saturated rings. The Kier molecular flexibility index (Phi) is 16.9. The Morgan fingerprint density at radius 2 is 1.12 bits per heavy atom. The third kappa shape index (κ3) is 18.3. The van der Waals surface area contributed by atoms with Crippen molar-refractivity contribution in [2.24, 2.45) is 23.7 Å². The SMILES string of the molecule is [CH2+]OC[CH+]OCC[C@H](C)CCC[C@H](C)CCC[C@H](C)CCCC(C)C. The van der Waals surface area contributed by atoms with Crippen molar-refractivity contribution >= 4 is 0 Å². The lowest BCUT2D eigenvalue weighted by atomic mass is 9.91. The van der Waals surface area contributed by atoms with Gasteiger partial charge in [0.2, 0.25) is 7.11 Å². The van der Waals surface area contributed by atoms with Crippen molar-refractivity contribution in [3.8, 4) is 0 Å². The summed E-state index contributed by atoms with van der Waals surface area (Å²) >= 11 is 0. The Labute approximate surface area is 159 Å². The van der Waals surface area contributed by atoms with Gasteiger partial charge < -0.3 is 0 Å². The standard InChI is InChI=1S/C23H46O2/c1-20(2)10-7-11-21(3)12-8-13-22(4)14-9-15-23(5)16-17-25-19-18-24-6/h19-23H,6-18H2,1-5H3/q+2/t21-,22-,23-/m1/s1. The fourth-order valence-electron chi connectivity index (χ4n) is 3.39. The second-order valence-corrected chi connectivity index (χ2v) is 8.70. The van der Waals surface area contributed by atoms with Gasteiger partial charge in [0.05, 0.1) is 6.61 Å². The third-order valence-electron chi connectivity index (χ3n) is 5.30. The van der Waals surface area contributed by atoms with Crippen LogP contribution in [0.25, 0.3) is 0 Å². The van der Waals surface area contributed by atoms with E-state index >= 15 is 0 Å². The fourth-order valence-corrected chi connectivity index (χ4v) is 3.39. The van der Waals surface area contributed by atoms with E-state index in [9.17, 15) is 0 Å². The highest BCUT2D eigenvalue weighted by atomic mass is 16.5. The first-order valence-electron chi connectivity index (χ1n) is 10.8. The van der Waals surface area contributed by atoms with Gasteiger partial charge in [0.1, 0.15) is 0 Å². The highest BCUT2D eigenvalue weighted by molar-refractivity contribution is 4.61. The number of hydrogen-bond donors (Lipinski definition) is 0. The fraction of sp³-hybridized carbons (Fsp3) is 0.913. The average molecular weight is 355 g/mol. The molecule has 0 aromatic carbocycles. The lowest BCUT2D eigenvalue weighted by Crippen LogP contribution is -2.04. The van der Waals surface area contributed by atoms with Crippen LogP contribution in [-0.4, -0.2) is 13.2 Å². The molecule has 0 bridgehead atoms. The molecule has 0 amide bonds. The molecule has 0 aliphatic rings. The first-order chi connectivity index (χ1) is 12.0. The Morgan fingerprint density at radius 1 is 0.680 bits per heavy atom. The minimum absolute atomic E-state index is 0.474. The lowest BCUT2D eigenvalue weighted by molar-refractivity contribution is 0.128. The van der Waals surface area contributed by atoms with Crippen molar-refractivity contribution in [1.29, 1.82) is 0 Å². The molecule has 0 saturated heterocycles. The Balaban J connectivity index is 3.46. The first kappa shape index (κ1) is 24.7. The zero-order chi connectivity index (χ0) is 18.9. The first-order valence-corrected chi connectivity index (χ1v) is 10.8. The van der Waals surface area contributed by atoms with Gasteiger partial charge in [-0.05, 0) is 30.1 Å². The predicted octanol–water partition coefficient (Wildman–Crippen LogP) is 7.44. The smallest absolute Gasteiger partial charge is 0.194 e. The van der Waals surface area contributed by atoms with E-state index in [0.29, 0.717) is 6.61 Å². The molecule has 25 heavy (non-hydrogen) atoms. The van der Waals surface area contributed by atoms with Crippen LogP contribution in [0.15, 0.2) is 0 Å². The van der Waals surface area contributed by atoms with Crippen LogP contribution < -0.4 is 0 Å². The maximum atomic E-state index is 5.40. The molecule has 2 nitrogen and oxygen atoms in total. The highest BCUT2D eigenvalue weighted by Gasteiger charge is 2.09. The van der Waals surface area contributed by atoms with Crippen LogP contribution in [0.1, 0.15) is 98.8 Å². The van der Waals surface area contributed by atoms with Gasteiger partial charge in [-0.25, -0.2) is 0 Å². The van der Waals surface area contributed by atoms with Crippen LogP contribution in [0.4, 0.5) is 0 Å². The molecule has 0 unspecified atom stereocenters. The molecule has 148 valence electrons. The van der Waals surface area contributed by atoms with E-state index in [1.54, 1.807) is 6.61 Å². The van der Waals surface area contributed by atoms with Crippen molar-refractivity contribution in [3.63, 3.8) is 0 Å². The summed E-state index contributed by atoms with van der Waals surface area (Å²) in [5, 5.41) is 0. The quantitative estimate of drug-likeness (QED) is 0.188. The van der Waals surface area contributed by atoms with Crippen LogP contribution >= 0.6 is 0 Å². The monoisotopic (exact) mass is 354 g/mol. The second kappa shape index (κ2) is 17.1. The summed E-state index contributed by atoms with van der Waals surface area (Å²) in [6.45, 7) is 14.9. The summed E-state index contributed by atoms with van der Waals surface area (Å²) in [6, 6.07) is 0. The molecule has 0 spiro atoms. The Morgan fingerprint density at radius 3 is 1.56 bits per heavy atom. The molecule has 0 aliphatic carbocycles. The summed E-state index contributed by atoms with van der Waals surface area (Å²) < 4.78 is 10.1. The van der Waals surface area contributed by atoms with Gasteiger partial charge in [0, 0.05) is 0 Å². The van der Waals surface area contributed by atoms with Crippen LogP contribution in [0, 0.1) is 37.4 Å². The molecule has 0 aliphatic heterocycles. The molecule has 0 aromatic rings. The van der Waals surface area contributed by atoms with Crippen LogP contribution in [0.2, 0.25) is 0 Å². The molecule has 0 N–H and O–H groups in total. The molecular formula is C23H46O2+2. The van der Waals surface area contributed by atoms with Crippen molar-refractivity contribution < 1.29 is 9.47 Å².